The molecule has 1 unspecified atom stereocenters. The highest BCUT2D eigenvalue weighted by Crippen LogP contribution is 2.21. The zero-order valence-electron chi connectivity index (χ0n) is 14.9. The second-order valence-electron chi connectivity index (χ2n) is 6.37. The maximum absolute atomic E-state index is 12.7. The van der Waals surface area contributed by atoms with Crippen LogP contribution in [0.5, 0.6) is 0 Å². The molecule has 0 aliphatic carbocycles. The lowest BCUT2D eigenvalue weighted by molar-refractivity contribution is 0.0741. The van der Waals surface area contributed by atoms with Gasteiger partial charge in [0.15, 0.2) is 0 Å². The van der Waals surface area contributed by atoms with Crippen LogP contribution in [-0.2, 0) is 16.6 Å². The average Bonchev–Trinajstić information content (AvgIpc) is 3.15. The van der Waals surface area contributed by atoms with Crippen molar-refractivity contribution in [2.45, 2.75) is 30.3 Å². The Morgan fingerprint density at radius 2 is 1.89 bits per heavy atom. The summed E-state index contributed by atoms with van der Waals surface area (Å²) in [6, 6.07) is 15.5. The lowest BCUT2D eigenvalue weighted by Gasteiger charge is -2.23. The van der Waals surface area contributed by atoms with Gasteiger partial charge in [0.1, 0.15) is 0 Å². The summed E-state index contributed by atoms with van der Waals surface area (Å²) in [6.07, 6.45) is 1.81. The van der Waals surface area contributed by atoms with Crippen LogP contribution < -0.4 is 10.5 Å². The Hall–Kier alpha value is -1.93. The quantitative estimate of drug-likeness (QED) is 0.764. The molecule has 0 radical (unpaired) electrons. The van der Waals surface area contributed by atoms with Crippen LogP contribution in [0.2, 0.25) is 0 Å². The summed E-state index contributed by atoms with van der Waals surface area (Å²) in [5.74, 6) is -0.168. The van der Waals surface area contributed by atoms with E-state index in [9.17, 15) is 13.2 Å². The Kier molecular flexibility index (Phi) is 7.38. The maximum atomic E-state index is 12.7. The number of likely N-dealkylation sites (tertiary alicyclic amines) is 1. The molecule has 27 heavy (non-hydrogen) atoms. The van der Waals surface area contributed by atoms with Gasteiger partial charge in [0.05, 0.1) is 4.90 Å². The molecule has 1 saturated heterocycles. The van der Waals surface area contributed by atoms with E-state index in [1.807, 2.05) is 30.3 Å². The number of nitrogens with zero attached hydrogens (tertiary/aromatic N) is 1. The van der Waals surface area contributed by atoms with Crippen molar-refractivity contribution in [1.82, 2.24) is 9.62 Å². The van der Waals surface area contributed by atoms with Crippen LogP contribution in [0.4, 0.5) is 0 Å². The van der Waals surface area contributed by atoms with Gasteiger partial charge in [-0.25, -0.2) is 13.1 Å². The first-order valence-electron chi connectivity index (χ1n) is 8.66. The van der Waals surface area contributed by atoms with Gasteiger partial charge in [-0.1, -0.05) is 36.4 Å². The van der Waals surface area contributed by atoms with Gasteiger partial charge in [-0.3, -0.25) is 4.79 Å². The van der Waals surface area contributed by atoms with Crippen LogP contribution >= 0.6 is 12.4 Å². The fourth-order valence-electron chi connectivity index (χ4n) is 3.17. The number of hydrogen-bond donors (Lipinski definition) is 2. The van der Waals surface area contributed by atoms with Gasteiger partial charge in [-0.05, 0) is 36.6 Å². The number of rotatable bonds is 6. The second-order valence-corrected chi connectivity index (χ2v) is 8.14. The molecular weight excluding hydrogens is 386 g/mol. The summed E-state index contributed by atoms with van der Waals surface area (Å²) >= 11 is 0. The van der Waals surface area contributed by atoms with Gasteiger partial charge in [-0.2, -0.15) is 0 Å². The largest absolute Gasteiger partial charge is 0.334 e. The Bertz CT molecular complexity index is 875. The standard InChI is InChI=1S/C19H23N3O3S.ClH/c20-13-17-9-5-11-22(17)19(23)16-8-4-10-18(12-16)26(24,25)21-14-15-6-2-1-3-7-15;/h1-4,6-8,10,12,17,21H,5,9,11,13-14,20H2;1H. The molecule has 8 heteroatoms. The smallest absolute Gasteiger partial charge is 0.254 e. The van der Waals surface area contributed by atoms with E-state index in [1.54, 1.807) is 17.0 Å². The minimum Gasteiger partial charge on any atom is -0.334 e. The number of halogens is 1. The zero-order chi connectivity index (χ0) is 18.6. The van der Waals surface area contributed by atoms with Crippen molar-refractivity contribution < 1.29 is 13.2 Å². The van der Waals surface area contributed by atoms with Crippen LogP contribution in [0.1, 0.15) is 28.8 Å². The molecule has 0 bridgehead atoms. The molecule has 3 N–H and O–H groups in total. The molecular formula is C19H24ClN3O3S. The van der Waals surface area contributed by atoms with E-state index in [0.29, 0.717) is 18.7 Å². The third-order valence-electron chi connectivity index (χ3n) is 4.61. The molecule has 6 nitrogen and oxygen atoms in total. The van der Waals surface area contributed by atoms with E-state index < -0.39 is 10.0 Å². The van der Waals surface area contributed by atoms with Gasteiger partial charge in [0, 0.05) is 31.2 Å². The number of nitrogens with one attached hydrogen (secondary N) is 1. The lowest BCUT2D eigenvalue weighted by atomic mass is 10.1. The lowest BCUT2D eigenvalue weighted by Crippen LogP contribution is -2.40. The average molecular weight is 410 g/mol. The van der Waals surface area contributed by atoms with Crippen molar-refractivity contribution in [1.29, 1.82) is 0 Å². The van der Waals surface area contributed by atoms with Gasteiger partial charge in [0.25, 0.3) is 5.91 Å². The summed E-state index contributed by atoms with van der Waals surface area (Å²) in [5, 5.41) is 0. The number of amides is 1. The Morgan fingerprint density at radius 1 is 1.15 bits per heavy atom. The van der Waals surface area contributed by atoms with Crippen LogP contribution in [0.25, 0.3) is 0 Å². The van der Waals surface area contributed by atoms with E-state index in [4.69, 9.17) is 5.73 Å². The third-order valence-corrected chi connectivity index (χ3v) is 6.01. The molecule has 0 saturated carbocycles. The molecule has 2 aromatic carbocycles. The van der Waals surface area contributed by atoms with E-state index >= 15 is 0 Å². The first-order chi connectivity index (χ1) is 12.5. The number of benzene rings is 2. The third kappa shape index (κ3) is 5.07. The Morgan fingerprint density at radius 3 is 2.59 bits per heavy atom. The predicted molar refractivity (Wildman–Crippen MR) is 107 cm³/mol. The number of nitrogens with two attached hydrogens (primary N) is 1. The highest BCUT2D eigenvalue weighted by Gasteiger charge is 2.28. The van der Waals surface area contributed by atoms with Crippen molar-refractivity contribution in [3.63, 3.8) is 0 Å². The maximum Gasteiger partial charge on any atom is 0.254 e. The summed E-state index contributed by atoms with van der Waals surface area (Å²) in [4.78, 5) is 14.6. The fourth-order valence-corrected chi connectivity index (χ4v) is 4.23. The summed E-state index contributed by atoms with van der Waals surface area (Å²) in [7, 11) is -3.70. The molecule has 1 heterocycles. The number of hydrogen-bond acceptors (Lipinski definition) is 4. The summed E-state index contributed by atoms with van der Waals surface area (Å²) in [6.45, 7) is 1.27. The number of carbonyl (C=O) groups excluding carboxylic acids is 1. The predicted octanol–water partition coefficient (Wildman–Crippen LogP) is 2.15. The van der Waals surface area contributed by atoms with E-state index in [2.05, 4.69) is 4.72 Å². The molecule has 0 spiro atoms. The van der Waals surface area contributed by atoms with Crippen molar-refractivity contribution >= 4 is 28.3 Å². The molecule has 1 aliphatic heterocycles. The molecule has 0 aromatic heterocycles. The van der Waals surface area contributed by atoms with E-state index in [0.717, 1.165) is 18.4 Å². The van der Waals surface area contributed by atoms with Crippen LogP contribution in [0.3, 0.4) is 0 Å². The summed E-state index contributed by atoms with van der Waals surface area (Å²) in [5.41, 5.74) is 6.97. The van der Waals surface area contributed by atoms with Crippen LogP contribution in [0, 0.1) is 0 Å². The first kappa shape index (κ1) is 21.4. The molecule has 1 fully saturated rings. The van der Waals surface area contributed by atoms with Gasteiger partial charge in [0.2, 0.25) is 10.0 Å². The van der Waals surface area contributed by atoms with E-state index in [1.165, 1.54) is 12.1 Å². The molecule has 1 atom stereocenters. The minimum absolute atomic E-state index is 0. The van der Waals surface area contributed by atoms with Crippen molar-refractivity contribution in [2.24, 2.45) is 5.73 Å². The van der Waals surface area contributed by atoms with Gasteiger partial charge < -0.3 is 10.6 Å². The van der Waals surface area contributed by atoms with E-state index in [-0.39, 0.29) is 35.8 Å². The Labute approximate surface area is 166 Å². The Balaban J connectivity index is 0.00000261. The summed E-state index contributed by atoms with van der Waals surface area (Å²) < 4.78 is 27.7. The second kappa shape index (κ2) is 9.32. The van der Waals surface area contributed by atoms with Gasteiger partial charge in [-0.15, -0.1) is 12.4 Å². The normalized spacial score (nSPS) is 16.8. The SMILES string of the molecule is Cl.NCC1CCCN1C(=O)c1cccc(S(=O)(=O)NCc2ccccc2)c1. The molecule has 2 aromatic rings. The number of carbonyl (C=O) groups is 1. The highest BCUT2D eigenvalue weighted by molar-refractivity contribution is 7.89. The highest BCUT2D eigenvalue weighted by atomic mass is 35.5. The topological polar surface area (TPSA) is 92.5 Å². The zero-order valence-corrected chi connectivity index (χ0v) is 16.5. The van der Waals surface area contributed by atoms with Crippen LogP contribution in [-0.4, -0.2) is 38.4 Å². The van der Waals surface area contributed by atoms with Crippen LogP contribution in [0.15, 0.2) is 59.5 Å². The molecule has 1 aliphatic rings. The molecule has 146 valence electrons. The minimum atomic E-state index is -3.70. The molecule has 1 amide bonds. The monoisotopic (exact) mass is 409 g/mol. The van der Waals surface area contributed by atoms with Crippen molar-refractivity contribution in [3.8, 4) is 0 Å². The fraction of sp³-hybridized carbons (Fsp3) is 0.316. The molecule has 3 rings (SSSR count). The van der Waals surface area contributed by atoms with Gasteiger partial charge >= 0.3 is 0 Å². The first-order valence-corrected chi connectivity index (χ1v) is 10.1. The van der Waals surface area contributed by atoms with Crippen molar-refractivity contribution in [3.05, 3.63) is 65.7 Å². The number of sulfonamides is 1. The van der Waals surface area contributed by atoms with Crippen molar-refractivity contribution in [2.75, 3.05) is 13.1 Å².